The van der Waals surface area contributed by atoms with Crippen LogP contribution in [0.4, 0.5) is 17.6 Å². The maximum atomic E-state index is 13.1. The first-order chi connectivity index (χ1) is 9.53. The van der Waals surface area contributed by atoms with Gasteiger partial charge in [-0.05, 0) is 24.6 Å². The Hall–Kier alpha value is -1.68. The first kappa shape index (κ1) is 17.4. The number of hydrogen-bond donors (Lipinski definition) is 2. The molecule has 118 valence electrons. The van der Waals surface area contributed by atoms with Gasteiger partial charge in [-0.1, -0.05) is 0 Å². The molecule has 2 N–H and O–H groups in total. The van der Waals surface area contributed by atoms with Crippen LogP contribution in [0.25, 0.3) is 0 Å². The van der Waals surface area contributed by atoms with Crippen molar-refractivity contribution in [2.75, 3.05) is 6.54 Å². The van der Waals surface area contributed by atoms with Crippen LogP contribution in [0, 0.1) is 5.82 Å². The van der Waals surface area contributed by atoms with Gasteiger partial charge in [-0.25, -0.2) is 22.3 Å². The number of carboxylic acids is 1. The van der Waals surface area contributed by atoms with Gasteiger partial charge < -0.3 is 5.11 Å². The molecule has 1 aromatic rings. The van der Waals surface area contributed by atoms with Crippen LogP contribution in [0.3, 0.4) is 0 Å². The SMILES string of the molecule is O=C(O)c1cc(S(=O)(=O)NCCCC(F)(F)F)ccc1F. The molecule has 0 radical (unpaired) electrons. The van der Waals surface area contributed by atoms with Gasteiger partial charge in [0, 0.05) is 13.0 Å². The largest absolute Gasteiger partial charge is 0.478 e. The van der Waals surface area contributed by atoms with E-state index in [1.165, 1.54) is 0 Å². The number of halogens is 4. The van der Waals surface area contributed by atoms with Crippen LogP contribution < -0.4 is 4.72 Å². The van der Waals surface area contributed by atoms with Crippen LogP contribution in [0.5, 0.6) is 0 Å². The summed E-state index contributed by atoms with van der Waals surface area (Å²) in [6.45, 7) is -0.471. The first-order valence-electron chi connectivity index (χ1n) is 5.62. The van der Waals surface area contributed by atoms with Crippen molar-refractivity contribution in [2.24, 2.45) is 0 Å². The van der Waals surface area contributed by atoms with Crippen molar-refractivity contribution < 1.29 is 35.9 Å². The van der Waals surface area contributed by atoms with E-state index in [0.29, 0.717) is 12.1 Å². The molecule has 0 fully saturated rings. The lowest BCUT2D eigenvalue weighted by Gasteiger charge is -2.09. The standard InChI is InChI=1S/C11H11F4NO4S/c12-9-3-2-7(6-8(9)10(17)18)21(19,20)16-5-1-4-11(13,14)15/h2-3,6,16H,1,4-5H2,(H,17,18). The van der Waals surface area contributed by atoms with Crippen molar-refractivity contribution in [1.29, 1.82) is 0 Å². The molecular formula is C11H11F4NO4S. The van der Waals surface area contributed by atoms with Gasteiger partial charge in [0.1, 0.15) is 5.82 Å². The maximum absolute atomic E-state index is 13.1. The summed E-state index contributed by atoms with van der Waals surface area (Å²) in [7, 11) is -4.20. The Morgan fingerprint density at radius 2 is 1.90 bits per heavy atom. The number of nitrogens with one attached hydrogen (secondary N) is 1. The van der Waals surface area contributed by atoms with Crippen LogP contribution in [-0.4, -0.2) is 32.2 Å². The third kappa shape index (κ3) is 5.31. The molecular weight excluding hydrogens is 318 g/mol. The minimum Gasteiger partial charge on any atom is -0.478 e. The highest BCUT2D eigenvalue weighted by Gasteiger charge is 2.26. The molecule has 5 nitrogen and oxygen atoms in total. The predicted molar refractivity (Wildman–Crippen MR) is 63.8 cm³/mol. The molecule has 10 heteroatoms. The zero-order chi connectivity index (χ0) is 16.3. The van der Waals surface area contributed by atoms with Crippen molar-refractivity contribution in [3.05, 3.63) is 29.6 Å². The fraction of sp³-hybridized carbons (Fsp3) is 0.364. The highest BCUT2D eigenvalue weighted by Crippen LogP contribution is 2.21. The molecule has 21 heavy (non-hydrogen) atoms. The van der Waals surface area contributed by atoms with Crippen LogP contribution in [0.15, 0.2) is 23.1 Å². The summed E-state index contributed by atoms with van der Waals surface area (Å²) in [5.74, 6) is -2.76. The van der Waals surface area contributed by atoms with Crippen molar-refractivity contribution in [2.45, 2.75) is 23.9 Å². The number of hydrogen-bond acceptors (Lipinski definition) is 3. The second kappa shape index (κ2) is 6.39. The highest BCUT2D eigenvalue weighted by atomic mass is 32.2. The second-order valence-corrected chi connectivity index (χ2v) is 5.83. The molecule has 0 atom stereocenters. The predicted octanol–water partition coefficient (Wildman–Crippen LogP) is 2.14. The Balaban J connectivity index is 2.79. The van der Waals surface area contributed by atoms with Gasteiger partial charge in [0.25, 0.3) is 0 Å². The first-order valence-corrected chi connectivity index (χ1v) is 7.10. The second-order valence-electron chi connectivity index (χ2n) is 4.06. The van der Waals surface area contributed by atoms with Crippen molar-refractivity contribution in [1.82, 2.24) is 4.72 Å². The minimum atomic E-state index is -4.39. The molecule has 0 bridgehead atoms. The number of aromatic carboxylic acids is 1. The number of rotatable bonds is 6. The van der Waals surface area contributed by atoms with Crippen molar-refractivity contribution >= 4 is 16.0 Å². The lowest BCUT2D eigenvalue weighted by Crippen LogP contribution is -2.26. The van der Waals surface area contributed by atoms with Crippen LogP contribution in [0.2, 0.25) is 0 Å². The number of alkyl halides is 3. The van der Waals surface area contributed by atoms with Gasteiger partial charge in [-0.2, -0.15) is 13.2 Å². The average Bonchev–Trinajstić information content (AvgIpc) is 2.33. The van der Waals surface area contributed by atoms with Crippen LogP contribution >= 0.6 is 0 Å². The monoisotopic (exact) mass is 329 g/mol. The summed E-state index contributed by atoms with van der Waals surface area (Å²) in [6, 6.07) is 2.09. The van der Waals surface area contributed by atoms with Gasteiger partial charge in [-0.3, -0.25) is 0 Å². The Bertz CT molecular complexity index is 628. The van der Waals surface area contributed by atoms with Gasteiger partial charge in [-0.15, -0.1) is 0 Å². The van der Waals surface area contributed by atoms with E-state index in [-0.39, 0.29) is 0 Å². The van der Waals surface area contributed by atoms with Crippen molar-refractivity contribution in [3.8, 4) is 0 Å². The Morgan fingerprint density at radius 3 is 2.43 bits per heavy atom. The topological polar surface area (TPSA) is 83.5 Å². The highest BCUT2D eigenvalue weighted by molar-refractivity contribution is 7.89. The summed E-state index contributed by atoms with van der Waals surface area (Å²) in [6.07, 6.45) is -6.01. The van der Waals surface area contributed by atoms with E-state index >= 15 is 0 Å². The molecule has 0 spiro atoms. The fourth-order valence-electron chi connectivity index (χ4n) is 1.41. The molecule has 0 saturated carbocycles. The minimum absolute atomic E-state index is 0.463. The number of carboxylic acid groups (broad SMARTS) is 1. The summed E-state index contributed by atoms with van der Waals surface area (Å²) < 4.78 is 74.2. The molecule has 0 saturated heterocycles. The molecule has 0 aliphatic heterocycles. The molecule has 1 rings (SSSR count). The molecule has 0 amide bonds. The van der Waals surface area contributed by atoms with Gasteiger partial charge in [0.2, 0.25) is 10.0 Å². The summed E-state index contributed by atoms with van der Waals surface area (Å²) >= 11 is 0. The van der Waals surface area contributed by atoms with Gasteiger partial charge in [0.15, 0.2) is 0 Å². The van der Waals surface area contributed by atoms with E-state index in [1.54, 1.807) is 0 Å². The quantitative estimate of drug-likeness (QED) is 0.619. The van der Waals surface area contributed by atoms with E-state index < -0.39 is 57.8 Å². The third-order valence-corrected chi connectivity index (χ3v) is 3.87. The van der Waals surface area contributed by atoms with E-state index in [9.17, 15) is 30.8 Å². The Kier molecular flexibility index (Phi) is 5.29. The molecule has 0 unspecified atom stereocenters. The maximum Gasteiger partial charge on any atom is 0.389 e. The molecule has 0 heterocycles. The van der Waals surface area contributed by atoms with E-state index in [4.69, 9.17) is 5.11 Å². The number of carbonyl (C=O) groups is 1. The zero-order valence-corrected chi connectivity index (χ0v) is 11.3. The summed E-state index contributed by atoms with van der Waals surface area (Å²) in [5, 5.41) is 8.68. The van der Waals surface area contributed by atoms with Gasteiger partial charge in [0.05, 0.1) is 10.5 Å². The zero-order valence-electron chi connectivity index (χ0n) is 10.4. The normalized spacial score (nSPS) is 12.4. The van der Waals surface area contributed by atoms with E-state index in [1.807, 2.05) is 4.72 Å². The number of sulfonamides is 1. The smallest absolute Gasteiger partial charge is 0.389 e. The number of benzene rings is 1. The van der Waals surface area contributed by atoms with E-state index in [0.717, 1.165) is 6.07 Å². The summed E-state index contributed by atoms with van der Waals surface area (Å²) in [5.41, 5.74) is -0.840. The molecule has 0 aromatic heterocycles. The molecule has 0 aliphatic rings. The fourth-order valence-corrected chi connectivity index (χ4v) is 2.51. The molecule has 1 aromatic carbocycles. The Labute approximate surface area is 117 Å². The van der Waals surface area contributed by atoms with Crippen LogP contribution in [0.1, 0.15) is 23.2 Å². The van der Waals surface area contributed by atoms with Crippen LogP contribution in [-0.2, 0) is 10.0 Å². The van der Waals surface area contributed by atoms with Gasteiger partial charge >= 0.3 is 12.1 Å². The third-order valence-electron chi connectivity index (χ3n) is 2.41. The Morgan fingerprint density at radius 1 is 1.29 bits per heavy atom. The van der Waals surface area contributed by atoms with Crippen molar-refractivity contribution in [3.63, 3.8) is 0 Å². The summed E-state index contributed by atoms with van der Waals surface area (Å²) in [4.78, 5) is 10.2. The van der Waals surface area contributed by atoms with E-state index in [2.05, 4.69) is 0 Å². The average molecular weight is 329 g/mol. The lowest BCUT2D eigenvalue weighted by atomic mass is 10.2. The molecule has 0 aliphatic carbocycles. The lowest BCUT2D eigenvalue weighted by molar-refractivity contribution is -0.135.